The molecule has 2 heterocycles. The average Bonchev–Trinajstić information content (AvgIpc) is 3.05. The molecule has 0 atom stereocenters. The van der Waals surface area contributed by atoms with E-state index in [1.54, 1.807) is 18.5 Å². The second-order valence-electron chi connectivity index (χ2n) is 6.06. The zero-order chi connectivity index (χ0) is 17.4. The lowest BCUT2D eigenvalue weighted by Gasteiger charge is -2.38. The van der Waals surface area contributed by atoms with E-state index in [0.717, 1.165) is 12.5 Å². The molecule has 2 aromatic heterocycles. The van der Waals surface area contributed by atoms with Gasteiger partial charge in [-0.25, -0.2) is 8.78 Å². The average molecular weight is 343 g/mol. The summed E-state index contributed by atoms with van der Waals surface area (Å²) in [4.78, 5) is 8.47. The number of benzene rings is 1. The Bertz CT molecular complexity index is 922. The highest BCUT2D eigenvalue weighted by Crippen LogP contribution is 2.49. The number of methoxy groups -OCH3 is 1. The first kappa shape index (κ1) is 15.7. The highest BCUT2D eigenvalue weighted by Gasteiger charge is 2.47. The normalized spacial score (nSPS) is 15.6. The summed E-state index contributed by atoms with van der Waals surface area (Å²) < 4.78 is 38.3. The van der Waals surface area contributed by atoms with Crippen molar-refractivity contribution in [1.82, 2.24) is 15.1 Å². The van der Waals surface area contributed by atoms with Crippen LogP contribution in [-0.4, -0.2) is 22.2 Å². The lowest BCUT2D eigenvalue weighted by molar-refractivity contribution is 0.211. The Balaban J connectivity index is 1.78. The number of rotatable bonds is 4. The standard InChI is InChI=1S/C18H15F2N3O2/c1-24-15-10-21-8-5-12(15)16-22-17(25-23-16)18(6-2-7-18)13-4-3-11(19)9-14(13)20/h3-5,8-10H,2,6-7H2,1H3. The van der Waals surface area contributed by atoms with Gasteiger partial charge in [0, 0.05) is 17.8 Å². The third-order valence-electron chi connectivity index (χ3n) is 4.73. The molecule has 0 amide bonds. The largest absolute Gasteiger partial charge is 0.494 e. The molecule has 0 N–H and O–H groups in total. The Morgan fingerprint density at radius 1 is 1.20 bits per heavy atom. The number of ether oxygens (including phenoxy) is 1. The molecule has 0 bridgehead atoms. The lowest BCUT2D eigenvalue weighted by atomic mass is 9.64. The van der Waals surface area contributed by atoms with E-state index in [2.05, 4.69) is 15.1 Å². The number of halogens is 2. The minimum atomic E-state index is -0.705. The van der Waals surface area contributed by atoms with Gasteiger partial charge >= 0.3 is 0 Å². The predicted molar refractivity (Wildman–Crippen MR) is 85.1 cm³/mol. The topological polar surface area (TPSA) is 61.0 Å². The SMILES string of the molecule is COc1cnccc1-c1noc(C2(c3ccc(F)cc3F)CCC2)n1. The molecule has 1 aliphatic carbocycles. The molecule has 0 radical (unpaired) electrons. The van der Waals surface area contributed by atoms with E-state index in [1.807, 2.05) is 0 Å². The molecular formula is C18H15F2N3O2. The van der Waals surface area contributed by atoms with Crippen molar-refractivity contribution in [2.45, 2.75) is 24.7 Å². The van der Waals surface area contributed by atoms with Crippen LogP contribution >= 0.6 is 0 Å². The monoisotopic (exact) mass is 343 g/mol. The smallest absolute Gasteiger partial charge is 0.237 e. The minimum absolute atomic E-state index is 0.332. The first-order valence-corrected chi connectivity index (χ1v) is 7.92. The molecular weight excluding hydrogens is 328 g/mol. The highest BCUT2D eigenvalue weighted by molar-refractivity contribution is 5.62. The second-order valence-corrected chi connectivity index (χ2v) is 6.06. The molecule has 25 heavy (non-hydrogen) atoms. The molecule has 0 unspecified atom stereocenters. The van der Waals surface area contributed by atoms with Gasteiger partial charge in [-0.15, -0.1) is 0 Å². The van der Waals surface area contributed by atoms with E-state index in [9.17, 15) is 8.78 Å². The van der Waals surface area contributed by atoms with Crippen LogP contribution in [0.2, 0.25) is 0 Å². The third kappa shape index (κ3) is 2.47. The summed E-state index contributed by atoms with van der Waals surface area (Å²) in [6, 6.07) is 5.32. The maximum absolute atomic E-state index is 14.3. The molecule has 5 nitrogen and oxygen atoms in total. The summed E-state index contributed by atoms with van der Waals surface area (Å²) >= 11 is 0. The van der Waals surface area contributed by atoms with Crippen LogP contribution in [0.15, 0.2) is 41.2 Å². The van der Waals surface area contributed by atoms with Crippen LogP contribution in [0, 0.1) is 11.6 Å². The fraction of sp³-hybridized carbons (Fsp3) is 0.278. The maximum Gasteiger partial charge on any atom is 0.237 e. The predicted octanol–water partition coefficient (Wildman–Crippen LogP) is 3.89. The van der Waals surface area contributed by atoms with Crippen molar-refractivity contribution < 1.29 is 18.0 Å². The van der Waals surface area contributed by atoms with Crippen molar-refractivity contribution >= 4 is 0 Å². The van der Waals surface area contributed by atoms with E-state index in [-0.39, 0.29) is 0 Å². The van der Waals surface area contributed by atoms with Crippen molar-refractivity contribution in [2.75, 3.05) is 7.11 Å². The van der Waals surface area contributed by atoms with Gasteiger partial charge in [0.25, 0.3) is 0 Å². The van der Waals surface area contributed by atoms with Crippen LogP contribution in [0.4, 0.5) is 8.78 Å². The van der Waals surface area contributed by atoms with Gasteiger partial charge in [0.1, 0.15) is 17.4 Å². The van der Waals surface area contributed by atoms with Gasteiger partial charge in [0.05, 0.1) is 24.3 Å². The minimum Gasteiger partial charge on any atom is -0.494 e. The zero-order valence-corrected chi connectivity index (χ0v) is 13.5. The molecule has 0 aliphatic heterocycles. The van der Waals surface area contributed by atoms with E-state index in [1.165, 1.54) is 19.2 Å². The molecule has 128 valence electrons. The molecule has 4 rings (SSSR count). The maximum atomic E-state index is 14.3. The lowest BCUT2D eigenvalue weighted by Crippen LogP contribution is -2.36. The van der Waals surface area contributed by atoms with Crippen LogP contribution in [0.3, 0.4) is 0 Å². The van der Waals surface area contributed by atoms with Gasteiger partial charge in [-0.05, 0) is 25.0 Å². The quantitative estimate of drug-likeness (QED) is 0.719. The summed E-state index contributed by atoms with van der Waals surface area (Å²) in [6.07, 6.45) is 5.42. The molecule has 0 spiro atoms. The fourth-order valence-electron chi connectivity index (χ4n) is 3.26. The molecule has 1 aliphatic rings. The molecule has 1 fully saturated rings. The molecule has 3 aromatic rings. The number of hydrogen-bond donors (Lipinski definition) is 0. The number of aromatic nitrogens is 3. The summed E-state index contributed by atoms with van der Waals surface area (Å²) in [5.41, 5.74) is 0.321. The van der Waals surface area contributed by atoms with Gasteiger partial charge in [-0.2, -0.15) is 4.98 Å². The van der Waals surface area contributed by atoms with Crippen molar-refractivity contribution in [3.05, 3.63) is 59.7 Å². The van der Waals surface area contributed by atoms with Crippen LogP contribution in [-0.2, 0) is 5.41 Å². The van der Waals surface area contributed by atoms with E-state index >= 15 is 0 Å². The van der Waals surface area contributed by atoms with Crippen LogP contribution in [0.1, 0.15) is 30.7 Å². The van der Waals surface area contributed by atoms with E-state index in [4.69, 9.17) is 9.26 Å². The van der Waals surface area contributed by atoms with Crippen molar-refractivity contribution in [1.29, 1.82) is 0 Å². The van der Waals surface area contributed by atoms with Gasteiger partial charge < -0.3 is 9.26 Å². The Morgan fingerprint density at radius 2 is 2.04 bits per heavy atom. The van der Waals surface area contributed by atoms with E-state index in [0.29, 0.717) is 41.4 Å². The Morgan fingerprint density at radius 3 is 2.72 bits per heavy atom. The van der Waals surface area contributed by atoms with Crippen LogP contribution < -0.4 is 4.74 Å². The number of pyridine rings is 1. The first-order valence-electron chi connectivity index (χ1n) is 7.92. The molecule has 1 saturated carbocycles. The summed E-state index contributed by atoms with van der Waals surface area (Å²) in [5, 5.41) is 4.03. The summed E-state index contributed by atoms with van der Waals surface area (Å²) in [5.74, 6) is -0.00366. The third-order valence-corrected chi connectivity index (χ3v) is 4.73. The molecule has 0 saturated heterocycles. The first-order chi connectivity index (χ1) is 12.1. The van der Waals surface area contributed by atoms with Crippen molar-refractivity contribution in [2.24, 2.45) is 0 Å². The Labute approximate surface area is 142 Å². The van der Waals surface area contributed by atoms with Crippen molar-refractivity contribution in [3.63, 3.8) is 0 Å². The van der Waals surface area contributed by atoms with Gasteiger partial charge in [-0.3, -0.25) is 4.98 Å². The zero-order valence-electron chi connectivity index (χ0n) is 13.5. The summed E-state index contributed by atoms with van der Waals surface area (Å²) in [7, 11) is 1.53. The van der Waals surface area contributed by atoms with Gasteiger partial charge in [-0.1, -0.05) is 17.6 Å². The van der Waals surface area contributed by atoms with E-state index < -0.39 is 17.0 Å². The fourth-order valence-corrected chi connectivity index (χ4v) is 3.26. The van der Waals surface area contributed by atoms with Crippen molar-refractivity contribution in [3.8, 4) is 17.1 Å². The highest BCUT2D eigenvalue weighted by atomic mass is 19.1. The molecule has 7 heteroatoms. The molecule has 1 aromatic carbocycles. The summed E-state index contributed by atoms with van der Waals surface area (Å²) in [6.45, 7) is 0. The van der Waals surface area contributed by atoms with Gasteiger partial charge in [0.2, 0.25) is 11.7 Å². The Kier molecular flexibility index (Phi) is 3.71. The van der Waals surface area contributed by atoms with Gasteiger partial charge in [0.15, 0.2) is 0 Å². The Hall–Kier alpha value is -2.83. The number of hydrogen-bond acceptors (Lipinski definition) is 5. The number of nitrogens with zero attached hydrogens (tertiary/aromatic N) is 3. The van der Waals surface area contributed by atoms with Crippen LogP contribution in [0.25, 0.3) is 11.4 Å². The van der Waals surface area contributed by atoms with Crippen LogP contribution in [0.5, 0.6) is 5.75 Å². The second kappa shape index (κ2) is 5.91.